The summed E-state index contributed by atoms with van der Waals surface area (Å²) in [5, 5.41) is 2.24. The van der Waals surface area contributed by atoms with Crippen LogP contribution in [0.3, 0.4) is 0 Å². The first-order valence-electron chi connectivity index (χ1n) is 6.47. The van der Waals surface area contributed by atoms with Gasteiger partial charge in [-0.15, -0.1) is 11.3 Å². The van der Waals surface area contributed by atoms with Gasteiger partial charge < -0.3 is 4.74 Å². The van der Waals surface area contributed by atoms with E-state index in [2.05, 4.69) is 9.72 Å². The van der Waals surface area contributed by atoms with Crippen molar-refractivity contribution in [2.45, 2.75) is 6.54 Å². The highest BCUT2D eigenvalue weighted by Gasteiger charge is 2.11. The molecule has 0 radical (unpaired) electrons. The van der Waals surface area contributed by atoms with Crippen LogP contribution >= 0.6 is 11.3 Å². The van der Waals surface area contributed by atoms with Crippen molar-refractivity contribution in [2.75, 3.05) is 7.11 Å². The molecule has 112 valence electrons. The number of esters is 1. The molecule has 7 heteroatoms. The van der Waals surface area contributed by atoms with E-state index in [0.29, 0.717) is 15.8 Å². The minimum absolute atomic E-state index is 0.261. The van der Waals surface area contributed by atoms with E-state index in [4.69, 9.17) is 0 Å². The summed E-state index contributed by atoms with van der Waals surface area (Å²) in [4.78, 5) is 38.3. The number of nitrogens with one attached hydrogen (secondary N) is 1. The van der Waals surface area contributed by atoms with E-state index in [1.54, 1.807) is 29.6 Å². The van der Waals surface area contributed by atoms with Gasteiger partial charge in [0.25, 0.3) is 5.56 Å². The molecule has 0 saturated heterocycles. The Kier molecular flexibility index (Phi) is 3.64. The van der Waals surface area contributed by atoms with E-state index in [0.717, 1.165) is 5.56 Å². The first-order valence-corrected chi connectivity index (χ1v) is 7.35. The van der Waals surface area contributed by atoms with Crippen molar-refractivity contribution in [1.29, 1.82) is 0 Å². The van der Waals surface area contributed by atoms with Crippen molar-refractivity contribution >= 4 is 27.5 Å². The first kappa shape index (κ1) is 14.3. The number of benzene rings is 1. The van der Waals surface area contributed by atoms with Crippen LogP contribution in [0.2, 0.25) is 0 Å². The van der Waals surface area contributed by atoms with Crippen LogP contribution < -0.4 is 11.2 Å². The Balaban J connectivity index is 2.08. The summed E-state index contributed by atoms with van der Waals surface area (Å²) in [6, 6.07) is 8.53. The number of nitrogens with zero attached hydrogens (tertiary/aromatic N) is 1. The number of methoxy groups -OCH3 is 1. The summed E-state index contributed by atoms with van der Waals surface area (Å²) in [7, 11) is 1.32. The Morgan fingerprint density at radius 3 is 2.91 bits per heavy atom. The van der Waals surface area contributed by atoms with Gasteiger partial charge in [-0.3, -0.25) is 14.3 Å². The first-order chi connectivity index (χ1) is 10.6. The van der Waals surface area contributed by atoms with Crippen LogP contribution in [0.4, 0.5) is 0 Å². The van der Waals surface area contributed by atoms with Gasteiger partial charge in [0.2, 0.25) is 0 Å². The number of carbonyl (C=O) groups excluding carboxylic acids is 1. The normalized spacial score (nSPS) is 10.8. The van der Waals surface area contributed by atoms with Gasteiger partial charge in [-0.25, -0.2) is 9.59 Å². The van der Waals surface area contributed by atoms with E-state index >= 15 is 0 Å². The van der Waals surface area contributed by atoms with Gasteiger partial charge in [0.15, 0.2) is 0 Å². The Labute approximate surface area is 128 Å². The van der Waals surface area contributed by atoms with E-state index in [1.807, 2.05) is 6.07 Å². The second-order valence-corrected chi connectivity index (χ2v) is 5.57. The summed E-state index contributed by atoms with van der Waals surface area (Å²) in [6.45, 7) is 0.261. The Bertz CT molecular complexity index is 967. The fraction of sp³-hybridized carbons (Fsp3) is 0.133. The number of aromatic amines is 1. The van der Waals surface area contributed by atoms with Gasteiger partial charge in [-0.05, 0) is 29.1 Å². The average molecular weight is 316 g/mol. The molecule has 0 saturated carbocycles. The van der Waals surface area contributed by atoms with Crippen LogP contribution in [-0.2, 0) is 11.3 Å². The van der Waals surface area contributed by atoms with Crippen molar-refractivity contribution in [1.82, 2.24) is 9.55 Å². The molecule has 2 aromatic heterocycles. The van der Waals surface area contributed by atoms with E-state index in [9.17, 15) is 14.4 Å². The molecule has 0 aliphatic rings. The number of hydrogen-bond donors (Lipinski definition) is 1. The molecule has 0 amide bonds. The van der Waals surface area contributed by atoms with Gasteiger partial charge in [-0.1, -0.05) is 12.1 Å². The topological polar surface area (TPSA) is 81.2 Å². The standard InChI is InChI=1S/C15H12N2O4S/c1-21-14(19)10-4-2-3-9(7-10)8-17-13-11(5-6-22-13)12(18)16-15(17)20/h2-7H,8H2,1H3,(H,16,18,20). The molecule has 0 aliphatic heterocycles. The molecule has 0 fully saturated rings. The summed E-state index contributed by atoms with van der Waals surface area (Å²) in [5.41, 5.74) is 0.330. The minimum atomic E-state index is -0.469. The molecule has 1 aromatic carbocycles. The Hall–Kier alpha value is -2.67. The second-order valence-electron chi connectivity index (χ2n) is 4.68. The lowest BCUT2D eigenvalue weighted by Crippen LogP contribution is -2.29. The number of thiophene rings is 1. The summed E-state index contributed by atoms with van der Waals surface area (Å²) >= 11 is 1.33. The maximum Gasteiger partial charge on any atom is 0.337 e. The smallest absolute Gasteiger partial charge is 0.337 e. The van der Waals surface area contributed by atoms with Crippen LogP contribution in [0.15, 0.2) is 45.3 Å². The second kappa shape index (κ2) is 5.61. The van der Waals surface area contributed by atoms with E-state index in [1.165, 1.54) is 23.0 Å². The molecule has 0 unspecified atom stereocenters. The average Bonchev–Trinajstić information content (AvgIpc) is 3.01. The number of fused-ring (bicyclic) bond motifs is 1. The number of ether oxygens (including phenoxy) is 1. The summed E-state index contributed by atoms with van der Waals surface area (Å²) in [5.74, 6) is -0.433. The zero-order valence-electron chi connectivity index (χ0n) is 11.7. The molecule has 3 aromatic rings. The van der Waals surface area contributed by atoms with Crippen molar-refractivity contribution in [3.8, 4) is 0 Å². The Morgan fingerprint density at radius 1 is 1.32 bits per heavy atom. The molecule has 1 N–H and O–H groups in total. The summed E-state index contributed by atoms with van der Waals surface area (Å²) < 4.78 is 6.17. The largest absolute Gasteiger partial charge is 0.465 e. The Morgan fingerprint density at radius 2 is 2.14 bits per heavy atom. The monoisotopic (exact) mass is 316 g/mol. The van der Waals surface area contributed by atoms with E-state index < -0.39 is 11.7 Å². The highest BCUT2D eigenvalue weighted by Crippen LogP contribution is 2.17. The zero-order chi connectivity index (χ0) is 15.7. The van der Waals surface area contributed by atoms with Crippen molar-refractivity contribution in [3.63, 3.8) is 0 Å². The highest BCUT2D eigenvalue weighted by molar-refractivity contribution is 7.16. The van der Waals surface area contributed by atoms with Crippen LogP contribution in [0.25, 0.3) is 10.2 Å². The molecule has 0 bridgehead atoms. The number of aromatic nitrogens is 2. The van der Waals surface area contributed by atoms with Crippen LogP contribution in [0, 0.1) is 0 Å². The van der Waals surface area contributed by atoms with Crippen LogP contribution in [0.5, 0.6) is 0 Å². The van der Waals surface area contributed by atoms with Gasteiger partial charge in [0.1, 0.15) is 4.83 Å². The van der Waals surface area contributed by atoms with Crippen molar-refractivity contribution in [2.24, 2.45) is 0 Å². The molecular weight excluding hydrogens is 304 g/mol. The van der Waals surface area contributed by atoms with Gasteiger partial charge >= 0.3 is 11.7 Å². The molecule has 0 aliphatic carbocycles. The minimum Gasteiger partial charge on any atom is -0.465 e. The van der Waals surface area contributed by atoms with Crippen molar-refractivity contribution in [3.05, 3.63) is 67.7 Å². The fourth-order valence-corrected chi connectivity index (χ4v) is 3.14. The predicted molar refractivity (Wildman–Crippen MR) is 83.6 cm³/mol. The van der Waals surface area contributed by atoms with Gasteiger partial charge in [-0.2, -0.15) is 0 Å². The zero-order valence-corrected chi connectivity index (χ0v) is 12.5. The lowest BCUT2D eigenvalue weighted by Gasteiger charge is -2.08. The van der Waals surface area contributed by atoms with Crippen LogP contribution in [-0.4, -0.2) is 22.6 Å². The SMILES string of the molecule is COC(=O)c1cccc(Cn2c(=O)[nH]c(=O)c3ccsc32)c1. The molecule has 0 spiro atoms. The maximum atomic E-state index is 12.1. The maximum absolute atomic E-state index is 12.1. The molecule has 2 heterocycles. The molecular formula is C15H12N2O4S. The lowest BCUT2D eigenvalue weighted by molar-refractivity contribution is 0.0600. The lowest BCUT2D eigenvalue weighted by atomic mass is 10.1. The van der Waals surface area contributed by atoms with E-state index in [-0.39, 0.29) is 12.1 Å². The molecule has 3 rings (SSSR count). The highest BCUT2D eigenvalue weighted by atomic mass is 32.1. The fourth-order valence-electron chi connectivity index (χ4n) is 2.25. The van der Waals surface area contributed by atoms with Crippen LogP contribution in [0.1, 0.15) is 15.9 Å². The quantitative estimate of drug-likeness (QED) is 0.744. The third-order valence-corrected chi connectivity index (χ3v) is 4.22. The number of carbonyl (C=O) groups is 1. The summed E-state index contributed by atoms with van der Waals surface area (Å²) in [6.07, 6.45) is 0. The number of hydrogen-bond acceptors (Lipinski definition) is 5. The molecule has 0 atom stereocenters. The number of rotatable bonds is 3. The van der Waals surface area contributed by atoms with Gasteiger partial charge in [0, 0.05) is 0 Å². The third kappa shape index (κ3) is 2.46. The molecule has 6 nitrogen and oxygen atoms in total. The molecule has 22 heavy (non-hydrogen) atoms. The van der Waals surface area contributed by atoms with Crippen molar-refractivity contribution < 1.29 is 9.53 Å². The number of H-pyrrole nitrogens is 1. The predicted octanol–water partition coefficient (Wildman–Crippen LogP) is 1.59. The third-order valence-electron chi connectivity index (χ3n) is 3.29. The van der Waals surface area contributed by atoms with Gasteiger partial charge in [0.05, 0.1) is 24.6 Å².